The maximum absolute atomic E-state index is 2.41. The highest BCUT2D eigenvalue weighted by molar-refractivity contribution is 14.1. The van der Waals surface area contributed by atoms with E-state index in [1.165, 1.54) is 22.1 Å². The highest BCUT2D eigenvalue weighted by Crippen LogP contribution is 2.34. The van der Waals surface area contributed by atoms with Gasteiger partial charge in [0.2, 0.25) is 0 Å². The normalized spacial score (nSPS) is 10.9. The molecule has 0 aliphatic rings. The lowest BCUT2D eigenvalue weighted by Gasteiger charge is -1.94. The van der Waals surface area contributed by atoms with Crippen molar-refractivity contribution in [1.29, 1.82) is 0 Å². The number of halogens is 2. The van der Waals surface area contributed by atoms with Gasteiger partial charge in [-0.05, 0) is 69.8 Å². The van der Waals surface area contributed by atoms with Gasteiger partial charge in [-0.1, -0.05) is 6.07 Å². The van der Waals surface area contributed by atoms with Crippen LogP contribution in [0.25, 0.3) is 10.1 Å². The largest absolute Gasteiger partial charge is 0.129 e. The molecule has 2 rings (SSSR count). The molecule has 1 aromatic heterocycles. The second-order valence-corrected chi connectivity index (χ2v) is 6.64. The molecule has 0 atom stereocenters. The van der Waals surface area contributed by atoms with Crippen LogP contribution in [0, 0.1) is 13.4 Å². The van der Waals surface area contributed by atoms with Crippen molar-refractivity contribution in [2.75, 3.05) is 0 Å². The van der Waals surface area contributed by atoms with Gasteiger partial charge in [0.25, 0.3) is 0 Å². The number of benzene rings is 1. The number of rotatable bonds is 0. The number of thiophene rings is 1. The molecule has 0 saturated carbocycles. The maximum Gasteiger partial charge on any atom is 0.0695 e. The minimum atomic E-state index is 1.36. The summed E-state index contributed by atoms with van der Waals surface area (Å²) >= 11 is 6.68. The highest BCUT2D eigenvalue weighted by atomic mass is 127. The molecule has 0 aliphatic carbocycles. The Hall–Kier alpha value is 0.640. The third-order valence-electron chi connectivity index (χ3n) is 1.84. The summed E-state index contributed by atoms with van der Waals surface area (Å²) in [5.41, 5.74) is 1.43. The standard InChI is InChI=1S/C9H6I2S/c1-5-8-6(10)3-2-4-7(8)12-9(5)11/h2-4H,1H3. The van der Waals surface area contributed by atoms with Gasteiger partial charge < -0.3 is 0 Å². The van der Waals surface area contributed by atoms with Crippen LogP contribution in [-0.2, 0) is 0 Å². The quantitative estimate of drug-likeness (QED) is 0.575. The van der Waals surface area contributed by atoms with E-state index in [2.05, 4.69) is 70.3 Å². The number of fused-ring (bicyclic) bond motifs is 1. The monoisotopic (exact) mass is 400 g/mol. The molecule has 0 nitrogen and oxygen atoms in total. The molecule has 0 saturated heterocycles. The van der Waals surface area contributed by atoms with E-state index < -0.39 is 0 Å². The van der Waals surface area contributed by atoms with E-state index in [4.69, 9.17) is 0 Å². The lowest BCUT2D eigenvalue weighted by atomic mass is 10.2. The molecule has 0 radical (unpaired) electrons. The van der Waals surface area contributed by atoms with Crippen LogP contribution < -0.4 is 0 Å². The number of hydrogen-bond donors (Lipinski definition) is 0. The number of hydrogen-bond acceptors (Lipinski definition) is 1. The molecule has 1 heterocycles. The third kappa shape index (κ3) is 1.39. The topological polar surface area (TPSA) is 0 Å². The zero-order valence-corrected chi connectivity index (χ0v) is 11.5. The Labute approximate surface area is 103 Å². The van der Waals surface area contributed by atoms with Crippen molar-refractivity contribution in [3.05, 3.63) is 30.2 Å². The Balaban J connectivity index is 2.97. The predicted octanol–water partition coefficient (Wildman–Crippen LogP) is 4.42. The molecule has 62 valence electrons. The van der Waals surface area contributed by atoms with Gasteiger partial charge in [0.05, 0.1) is 2.88 Å². The van der Waals surface area contributed by atoms with Crippen LogP contribution >= 0.6 is 56.5 Å². The molecular weight excluding hydrogens is 394 g/mol. The van der Waals surface area contributed by atoms with Crippen LogP contribution in [-0.4, -0.2) is 0 Å². The fourth-order valence-electron chi connectivity index (χ4n) is 1.22. The van der Waals surface area contributed by atoms with Crippen molar-refractivity contribution in [3.63, 3.8) is 0 Å². The zero-order valence-electron chi connectivity index (χ0n) is 6.40. The summed E-state index contributed by atoms with van der Waals surface area (Å²) in [7, 11) is 0. The van der Waals surface area contributed by atoms with Crippen molar-refractivity contribution < 1.29 is 0 Å². The first-order chi connectivity index (χ1) is 5.70. The molecule has 12 heavy (non-hydrogen) atoms. The Morgan fingerprint density at radius 2 is 2.00 bits per heavy atom. The summed E-state index contributed by atoms with van der Waals surface area (Å²) in [6, 6.07) is 6.48. The fourth-order valence-corrected chi connectivity index (χ4v) is 4.25. The molecular formula is C9H6I2S. The first kappa shape index (κ1) is 9.21. The highest BCUT2D eigenvalue weighted by Gasteiger charge is 2.07. The average molecular weight is 400 g/mol. The Morgan fingerprint density at radius 1 is 1.25 bits per heavy atom. The minimum absolute atomic E-state index is 1.36. The maximum atomic E-state index is 2.41. The van der Waals surface area contributed by atoms with Crippen LogP contribution in [0.5, 0.6) is 0 Å². The Kier molecular flexibility index (Phi) is 2.62. The fraction of sp³-hybridized carbons (Fsp3) is 0.111. The molecule has 3 heteroatoms. The van der Waals surface area contributed by atoms with Gasteiger partial charge in [0.15, 0.2) is 0 Å². The van der Waals surface area contributed by atoms with Crippen LogP contribution in [0.1, 0.15) is 5.56 Å². The lowest BCUT2D eigenvalue weighted by Crippen LogP contribution is -1.74. The van der Waals surface area contributed by atoms with Gasteiger partial charge in [-0.15, -0.1) is 11.3 Å². The van der Waals surface area contributed by atoms with Gasteiger partial charge in [-0.25, -0.2) is 0 Å². The molecule has 1 aromatic carbocycles. The average Bonchev–Trinajstić information content (AvgIpc) is 2.29. The van der Waals surface area contributed by atoms with E-state index in [0.29, 0.717) is 0 Å². The molecule has 0 aliphatic heterocycles. The van der Waals surface area contributed by atoms with Gasteiger partial charge in [-0.2, -0.15) is 0 Å². The summed E-state index contributed by atoms with van der Waals surface area (Å²) in [6.45, 7) is 2.20. The van der Waals surface area contributed by atoms with Crippen molar-refractivity contribution in [3.8, 4) is 0 Å². The van der Waals surface area contributed by atoms with E-state index in [0.717, 1.165) is 0 Å². The van der Waals surface area contributed by atoms with Gasteiger partial charge in [0, 0.05) is 13.7 Å². The Morgan fingerprint density at radius 3 is 2.67 bits per heavy atom. The van der Waals surface area contributed by atoms with E-state index in [1.54, 1.807) is 0 Å². The van der Waals surface area contributed by atoms with E-state index in [-0.39, 0.29) is 0 Å². The predicted molar refractivity (Wildman–Crippen MR) is 72.0 cm³/mol. The molecule has 0 amide bonds. The van der Waals surface area contributed by atoms with Gasteiger partial charge >= 0.3 is 0 Å². The van der Waals surface area contributed by atoms with Crippen LogP contribution in [0.15, 0.2) is 18.2 Å². The summed E-state index contributed by atoms with van der Waals surface area (Å²) < 4.78 is 4.18. The summed E-state index contributed by atoms with van der Waals surface area (Å²) in [6.07, 6.45) is 0. The molecule has 0 bridgehead atoms. The van der Waals surface area contributed by atoms with E-state index in [9.17, 15) is 0 Å². The Bertz CT molecular complexity index is 431. The zero-order chi connectivity index (χ0) is 8.72. The van der Waals surface area contributed by atoms with Crippen molar-refractivity contribution in [2.45, 2.75) is 6.92 Å². The first-order valence-electron chi connectivity index (χ1n) is 3.53. The minimum Gasteiger partial charge on any atom is -0.129 e. The van der Waals surface area contributed by atoms with E-state index >= 15 is 0 Å². The van der Waals surface area contributed by atoms with Crippen LogP contribution in [0.2, 0.25) is 0 Å². The van der Waals surface area contributed by atoms with Crippen molar-refractivity contribution in [1.82, 2.24) is 0 Å². The molecule has 0 spiro atoms. The van der Waals surface area contributed by atoms with Crippen molar-refractivity contribution >= 4 is 66.6 Å². The van der Waals surface area contributed by atoms with Gasteiger partial charge in [-0.3, -0.25) is 0 Å². The lowest BCUT2D eigenvalue weighted by molar-refractivity contribution is 1.55. The SMILES string of the molecule is Cc1c(I)sc2cccc(I)c12. The second-order valence-electron chi connectivity index (χ2n) is 2.61. The summed E-state index contributed by atoms with van der Waals surface area (Å²) in [4.78, 5) is 0. The number of aryl methyl sites for hydroxylation is 1. The third-order valence-corrected chi connectivity index (χ3v) is 5.26. The molecule has 0 fully saturated rings. The molecule has 0 unspecified atom stereocenters. The summed E-state index contributed by atoms with van der Waals surface area (Å²) in [5.74, 6) is 0. The van der Waals surface area contributed by atoms with Crippen molar-refractivity contribution in [2.24, 2.45) is 0 Å². The molecule has 0 N–H and O–H groups in total. The molecule has 2 aromatic rings. The first-order valence-corrected chi connectivity index (χ1v) is 6.50. The van der Waals surface area contributed by atoms with Crippen LogP contribution in [0.4, 0.5) is 0 Å². The smallest absolute Gasteiger partial charge is 0.0695 e. The van der Waals surface area contributed by atoms with E-state index in [1.807, 2.05) is 11.3 Å². The van der Waals surface area contributed by atoms with Gasteiger partial charge in [0.1, 0.15) is 0 Å². The van der Waals surface area contributed by atoms with Crippen LogP contribution in [0.3, 0.4) is 0 Å². The second kappa shape index (κ2) is 3.42. The summed E-state index contributed by atoms with van der Waals surface area (Å²) in [5, 5.41) is 1.44.